The third-order valence-electron chi connectivity index (χ3n) is 6.44. The van der Waals surface area contributed by atoms with E-state index in [0.29, 0.717) is 44.0 Å². The van der Waals surface area contributed by atoms with Crippen LogP contribution in [0.3, 0.4) is 0 Å². The van der Waals surface area contributed by atoms with E-state index in [0.717, 1.165) is 5.56 Å². The third-order valence-corrected chi connectivity index (χ3v) is 6.44. The van der Waals surface area contributed by atoms with Crippen molar-refractivity contribution in [3.63, 3.8) is 0 Å². The van der Waals surface area contributed by atoms with E-state index in [1.54, 1.807) is 31.0 Å². The molecule has 0 spiro atoms. The first kappa shape index (κ1) is 29.9. The van der Waals surface area contributed by atoms with E-state index in [-0.39, 0.29) is 29.0 Å². The first-order valence-electron chi connectivity index (χ1n) is 13.3. The number of hydrogen-bond donors (Lipinski definition) is 2. The van der Waals surface area contributed by atoms with Crippen LogP contribution in [-0.4, -0.2) is 82.2 Å². The van der Waals surface area contributed by atoms with Crippen LogP contribution in [0.4, 0.5) is 4.79 Å². The Labute approximate surface area is 230 Å². The van der Waals surface area contributed by atoms with Gasteiger partial charge in [-0.3, -0.25) is 14.7 Å². The minimum atomic E-state index is -1.11. The number of pyridine rings is 1. The monoisotopic (exact) mass is 540 g/mol. The summed E-state index contributed by atoms with van der Waals surface area (Å²) in [5, 5.41) is 12.4. The number of aromatic nitrogens is 1. The summed E-state index contributed by atoms with van der Waals surface area (Å²) in [6.07, 6.45) is 0.885. The van der Waals surface area contributed by atoms with Gasteiger partial charge in [0, 0.05) is 45.0 Å². The number of rotatable bonds is 8. The fourth-order valence-electron chi connectivity index (χ4n) is 4.48. The molecule has 1 saturated heterocycles. The molecule has 39 heavy (non-hydrogen) atoms. The van der Waals surface area contributed by atoms with Crippen LogP contribution in [-0.2, 0) is 4.74 Å². The molecule has 0 aliphatic carbocycles. The Hall–Kier alpha value is -3.66. The Morgan fingerprint density at radius 1 is 1.15 bits per heavy atom. The Bertz CT molecular complexity index is 1190. The maximum Gasteiger partial charge on any atom is 0.410 e. The molecule has 2 amide bonds. The topological polar surface area (TPSA) is 121 Å². The lowest BCUT2D eigenvalue weighted by Gasteiger charge is -2.41. The van der Waals surface area contributed by atoms with Crippen LogP contribution in [0.5, 0.6) is 5.75 Å². The van der Waals surface area contributed by atoms with Crippen LogP contribution in [0.25, 0.3) is 0 Å². The Balaban J connectivity index is 1.89. The molecule has 1 aromatic carbocycles. The lowest BCUT2D eigenvalue weighted by molar-refractivity contribution is -0.00317. The van der Waals surface area contributed by atoms with Crippen LogP contribution >= 0.6 is 0 Å². The Kier molecular flexibility index (Phi) is 9.55. The molecular formula is C29H40N4O6. The quantitative estimate of drug-likeness (QED) is 0.511. The summed E-state index contributed by atoms with van der Waals surface area (Å²) >= 11 is 0. The number of aryl methyl sites for hydroxylation is 2. The summed E-state index contributed by atoms with van der Waals surface area (Å²) in [5.41, 5.74) is 1.80. The van der Waals surface area contributed by atoms with Crippen LogP contribution in [0.15, 0.2) is 30.5 Å². The lowest BCUT2D eigenvalue weighted by atomic mass is 10.0. The molecule has 1 aromatic heterocycles. The first-order valence-corrected chi connectivity index (χ1v) is 13.3. The summed E-state index contributed by atoms with van der Waals surface area (Å²) in [4.78, 5) is 45.9. The highest BCUT2D eigenvalue weighted by Crippen LogP contribution is 2.30. The molecule has 10 heteroatoms. The number of amides is 2. The van der Waals surface area contributed by atoms with Gasteiger partial charge in [0.25, 0.3) is 5.91 Å². The van der Waals surface area contributed by atoms with Crippen LogP contribution in [0, 0.1) is 13.8 Å². The van der Waals surface area contributed by atoms with Crippen LogP contribution in [0.2, 0.25) is 0 Å². The summed E-state index contributed by atoms with van der Waals surface area (Å²) in [5.74, 6) is -1.24. The van der Waals surface area contributed by atoms with Crippen molar-refractivity contribution in [1.29, 1.82) is 0 Å². The van der Waals surface area contributed by atoms with E-state index >= 15 is 0 Å². The normalized spacial score (nSPS) is 16.9. The largest absolute Gasteiger partial charge is 0.482 e. The number of nitrogens with zero attached hydrogens (tertiary/aromatic N) is 3. The first-order chi connectivity index (χ1) is 18.3. The van der Waals surface area contributed by atoms with Crippen molar-refractivity contribution in [2.24, 2.45) is 0 Å². The second kappa shape index (κ2) is 12.5. The van der Waals surface area contributed by atoms with Gasteiger partial charge in [-0.15, -0.1) is 0 Å². The molecule has 1 aliphatic heterocycles. The lowest BCUT2D eigenvalue weighted by Crippen LogP contribution is -2.55. The molecular weight excluding hydrogens is 500 g/mol. The van der Waals surface area contributed by atoms with Gasteiger partial charge in [0.15, 0.2) is 6.10 Å². The molecule has 10 nitrogen and oxygen atoms in total. The predicted molar refractivity (Wildman–Crippen MR) is 147 cm³/mol. The van der Waals surface area contributed by atoms with Gasteiger partial charge in [0.2, 0.25) is 0 Å². The summed E-state index contributed by atoms with van der Waals surface area (Å²) in [6.45, 7) is 15.5. The van der Waals surface area contributed by atoms with Gasteiger partial charge in [-0.2, -0.15) is 0 Å². The average Bonchev–Trinajstić information content (AvgIpc) is 2.83. The highest BCUT2D eigenvalue weighted by atomic mass is 16.6. The van der Waals surface area contributed by atoms with E-state index in [2.05, 4.69) is 15.2 Å². The zero-order valence-electron chi connectivity index (χ0n) is 23.9. The third kappa shape index (κ3) is 7.92. The number of hydrogen-bond acceptors (Lipinski definition) is 7. The summed E-state index contributed by atoms with van der Waals surface area (Å²) in [6, 6.07) is 6.72. The van der Waals surface area contributed by atoms with E-state index in [9.17, 15) is 19.5 Å². The minimum absolute atomic E-state index is 0.0423. The minimum Gasteiger partial charge on any atom is -0.482 e. The van der Waals surface area contributed by atoms with Crippen LogP contribution in [0.1, 0.15) is 78.3 Å². The standard InChI is InChI=1S/C29H40N4O6/c1-8-30-26(34)22-14-21(27(35)36)19(3)13-24(22)38-25(23-10-9-18(2)15-31-23)17-32-11-12-33(20(4)16-32)28(37)39-29(5,6)7/h9-10,13-15,20,25H,8,11-12,16-17H2,1-7H3,(H,30,34)(H,35,36)/t20-,25-/m1/s1. The number of carboxylic acids is 1. The van der Waals surface area contributed by atoms with Crippen molar-refractivity contribution in [2.45, 2.75) is 66.2 Å². The number of ether oxygens (including phenoxy) is 2. The van der Waals surface area contributed by atoms with Crippen LogP contribution < -0.4 is 10.1 Å². The maximum absolute atomic E-state index is 12.9. The van der Waals surface area contributed by atoms with Gasteiger partial charge in [-0.1, -0.05) is 6.07 Å². The fourth-order valence-corrected chi connectivity index (χ4v) is 4.48. The molecule has 2 N–H and O–H groups in total. The SMILES string of the molecule is CCNC(=O)c1cc(C(=O)O)c(C)cc1O[C@H](CN1CCN(C(=O)OC(C)(C)C)[C@H](C)C1)c1ccc(C)cn1. The number of carbonyl (C=O) groups is 3. The maximum atomic E-state index is 12.9. The van der Waals surface area contributed by atoms with Gasteiger partial charge in [-0.05, 0) is 77.8 Å². The van der Waals surface area contributed by atoms with Gasteiger partial charge in [0.1, 0.15) is 11.4 Å². The predicted octanol–water partition coefficient (Wildman–Crippen LogP) is 4.21. The molecule has 1 aliphatic rings. The molecule has 2 heterocycles. The molecule has 2 atom stereocenters. The van der Waals surface area contributed by atoms with E-state index in [1.807, 2.05) is 46.8 Å². The van der Waals surface area contributed by atoms with E-state index in [4.69, 9.17) is 9.47 Å². The molecule has 212 valence electrons. The zero-order chi connectivity index (χ0) is 28.9. The molecule has 3 rings (SSSR count). The molecule has 0 bridgehead atoms. The fraction of sp³-hybridized carbons (Fsp3) is 0.517. The van der Waals surface area contributed by atoms with E-state index < -0.39 is 23.6 Å². The number of piperazine rings is 1. The van der Waals surface area contributed by atoms with Crippen molar-refractivity contribution in [1.82, 2.24) is 20.1 Å². The van der Waals surface area contributed by atoms with Crippen molar-refractivity contribution in [3.05, 3.63) is 58.4 Å². The number of aromatic carboxylic acids is 1. The number of carbonyl (C=O) groups excluding carboxylic acids is 2. The van der Waals surface area contributed by atoms with Gasteiger partial charge in [0.05, 0.1) is 16.8 Å². The Morgan fingerprint density at radius 2 is 1.87 bits per heavy atom. The molecule has 0 unspecified atom stereocenters. The highest BCUT2D eigenvalue weighted by Gasteiger charge is 2.33. The number of nitrogens with one attached hydrogen (secondary N) is 1. The molecule has 2 aromatic rings. The van der Waals surface area contributed by atoms with Crippen molar-refractivity contribution in [3.8, 4) is 5.75 Å². The van der Waals surface area contributed by atoms with Crippen molar-refractivity contribution in [2.75, 3.05) is 32.7 Å². The zero-order valence-corrected chi connectivity index (χ0v) is 23.9. The van der Waals surface area contributed by atoms with Gasteiger partial charge < -0.3 is 24.8 Å². The van der Waals surface area contributed by atoms with Gasteiger partial charge >= 0.3 is 12.1 Å². The number of carboxylic acid groups (broad SMARTS) is 1. The smallest absolute Gasteiger partial charge is 0.410 e. The molecule has 1 fully saturated rings. The summed E-state index contributed by atoms with van der Waals surface area (Å²) in [7, 11) is 0. The Morgan fingerprint density at radius 3 is 2.44 bits per heavy atom. The highest BCUT2D eigenvalue weighted by molar-refractivity contribution is 6.00. The van der Waals surface area contributed by atoms with Crippen molar-refractivity contribution >= 4 is 18.0 Å². The molecule has 0 saturated carbocycles. The second-order valence-corrected chi connectivity index (χ2v) is 11.0. The van der Waals surface area contributed by atoms with Crippen molar-refractivity contribution < 1.29 is 29.0 Å². The summed E-state index contributed by atoms with van der Waals surface area (Å²) < 4.78 is 12.0. The average molecular weight is 541 g/mol. The van der Waals surface area contributed by atoms with Gasteiger partial charge in [-0.25, -0.2) is 9.59 Å². The number of benzene rings is 1. The van der Waals surface area contributed by atoms with E-state index in [1.165, 1.54) is 6.07 Å². The molecule has 0 radical (unpaired) electrons. The second-order valence-electron chi connectivity index (χ2n) is 11.0.